The molecule has 1 fully saturated rings. The Kier molecular flexibility index (Phi) is 5.52. The van der Waals surface area contributed by atoms with Crippen molar-refractivity contribution in [2.75, 3.05) is 34.5 Å². The number of benzene rings is 1. The maximum absolute atomic E-state index is 6.41. The van der Waals surface area contributed by atoms with Gasteiger partial charge in [-0.3, -0.25) is 0 Å². The van der Waals surface area contributed by atoms with Gasteiger partial charge in [-0.25, -0.2) is 0 Å². The van der Waals surface area contributed by atoms with Gasteiger partial charge >= 0.3 is 0 Å². The van der Waals surface area contributed by atoms with Crippen LogP contribution in [0.25, 0.3) is 0 Å². The molecule has 4 nitrogen and oxygen atoms in total. The first-order chi connectivity index (χ1) is 9.71. The van der Waals surface area contributed by atoms with Gasteiger partial charge in [-0.05, 0) is 31.5 Å². The Labute approximate surface area is 125 Å². The van der Waals surface area contributed by atoms with Gasteiger partial charge in [-0.2, -0.15) is 0 Å². The van der Waals surface area contributed by atoms with E-state index < -0.39 is 0 Å². The van der Waals surface area contributed by atoms with Crippen molar-refractivity contribution in [3.63, 3.8) is 0 Å². The summed E-state index contributed by atoms with van der Waals surface area (Å²) in [7, 11) is 5.19. The van der Waals surface area contributed by atoms with Crippen LogP contribution in [0.3, 0.4) is 0 Å². The molecule has 0 bridgehead atoms. The molecule has 2 rings (SSSR count). The lowest BCUT2D eigenvalue weighted by atomic mass is 9.88. The lowest BCUT2D eigenvalue weighted by molar-refractivity contribution is 0.0402. The number of ether oxygens (including phenoxy) is 3. The van der Waals surface area contributed by atoms with Crippen LogP contribution < -0.4 is 14.8 Å². The molecule has 1 aromatic rings. The lowest BCUT2D eigenvalue weighted by Gasteiger charge is -2.31. The Morgan fingerprint density at radius 2 is 2.00 bits per heavy atom. The summed E-state index contributed by atoms with van der Waals surface area (Å²) < 4.78 is 16.2. The average molecular weight is 300 g/mol. The third-order valence-electron chi connectivity index (χ3n) is 3.82. The molecule has 1 aromatic carbocycles. The van der Waals surface area contributed by atoms with E-state index in [4.69, 9.17) is 25.8 Å². The fourth-order valence-corrected chi connectivity index (χ4v) is 3.05. The fraction of sp³-hybridized carbons (Fsp3) is 0.600. The van der Waals surface area contributed by atoms with Crippen molar-refractivity contribution in [1.29, 1.82) is 0 Å². The van der Waals surface area contributed by atoms with Crippen LogP contribution in [0.4, 0.5) is 0 Å². The van der Waals surface area contributed by atoms with Crippen LogP contribution in [0.5, 0.6) is 11.5 Å². The smallest absolute Gasteiger partial charge is 0.162 e. The molecule has 112 valence electrons. The zero-order chi connectivity index (χ0) is 14.5. The number of halogens is 1. The summed E-state index contributed by atoms with van der Waals surface area (Å²) >= 11 is 6.41. The number of rotatable bonds is 5. The van der Waals surface area contributed by atoms with Crippen LogP contribution in [0, 0.1) is 5.92 Å². The van der Waals surface area contributed by atoms with Crippen molar-refractivity contribution < 1.29 is 14.2 Å². The van der Waals surface area contributed by atoms with Crippen LogP contribution in [0.1, 0.15) is 24.4 Å². The fourth-order valence-electron chi connectivity index (χ4n) is 2.78. The molecule has 0 spiro atoms. The van der Waals surface area contributed by atoms with E-state index in [1.807, 2.05) is 19.2 Å². The number of nitrogens with one attached hydrogen (secondary N) is 1. The maximum Gasteiger partial charge on any atom is 0.162 e. The molecule has 1 saturated heterocycles. The predicted molar refractivity (Wildman–Crippen MR) is 79.9 cm³/mol. The molecule has 0 amide bonds. The zero-order valence-corrected chi connectivity index (χ0v) is 13.0. The number of methoxy groups -OCH3 is 2. The summed E-state index contributed by atoms with van der Waals surface area (Å²) in [6.45, 7) is 1.61. The van der Waals surface area contributed by atoms with Gasteiger partial charge in [-0.15, -0.1) is 0 Å². The van der Waals surface area contributed by atoms with Gasteiger partial charge in [0.25, 0.3) is 0 Å². The Morgan fingerprint density at radius 3 is 2.55 bits per heavy atom. The van der Waals surface area contributed by atoms with Gasteiger partial charge < -0.3 is 19.5 Å². The Bertz CT molecular complexity index is 447. The van der Waals surface area contributed by atoms with Crippen LogP contribution in [0.15, 0.2) is 12.1 Å². The summed E-state index contributed by atoms with van der Waals surface area (Å²) in [5, 5.41) is 4.04. The summed E-state index contributed by atoms with van der Waals surface area (Å²) in [6.07, 6.45) is 2.23. The van der Waals surface area contributed by atoms with Crippen molar-refractivity contribution >= 4 is 11.6 Å². The third-order valence-corrected chi connectivity index (χ3v) is 4.14. The number of hydrogen-bond acceptors (Lipinski definition) is 4. The monoisotopic (exact) mass is 299 g/mol. The molecule has 1 N–H and O–H groups in total. The van der Waals surface area contributed by atoms with Gasteiger partial charge in [0.2, 0.25) is 0 Å². The molecule has 1 heterocycles. The van der Waals surface area contributed by atoms with Crippen molar-refractivity contribution in [3.8, 4) is 11.5 Å². The SMILES string of the molecule is CNC(c1cc(OC)c(OC)cc1Cl)C1CCCOC1. The first kappa shape index (κ1) is 15.4. The largest absolute Gasteiger partial charge is 0.493 e. The van der Waals surface area contributed by atoms with E-state index in [-0.39, 0.29) is 6.04 Å². The van der Waals surface area contributed by atoms with Crippen molar-refractivity contribution in [3.05, 3.63) is 22.7 Å². The summed E-state index contributed by atoms with van der Waals surface area (Å²) in [4.78, 5) is 0. The van der Waals surface area contributed by atoms with E-state index in [1.165, 1.54) is 0 Å². The molecule has 0 radical (unpaired) electrons. The van der Waals surface area contributed by atoms with Gasteiger partial charge in [0.05, 0.1) is 20.8 Å². The van der Waals surface area contributed by atoms with Crippen molar-refractivity contribution in [2.45, 2.75) is 18.9 Å². The van der Waals surface area contributed by atoms with Crippen LogP contribution >= 0.6 is 11.6 Å². The van der Waals surface area contributed by atoms with E-state index in [2.05, 4.69) is 5.32 Å². The average Bonchev–Trinajstić information content (AvgIpc) is 2.50. The van der Waals surface area contributed by atoms with Gasteiger partial charge in [0.1, 0.15) is 0 Å². The van der Waals surface area contributed by atoms with E-state index in [0.717, 1.165) is 31.6 Å². The molecule has 5 heteroatoms. The Balaban J connectivity index is 2.33. The van der Waals surface area contributed by atoms with Crippen molar-refractivity contribution in [2.24, 2.45) is 5.92 Å². The first-order valence-corrected chi connectivity index (χ1v) is 7.25. The van der Waals surface area contributed by atoms with E-state index >= 15 is 0 Å². The van der Waals surface area contributed by atoms with Crippen LogP contribution in [-0.2, 0) is 4.74 Å². The standard InChI is InChI=1S/C15H22ClNO3/c1-17-15(10-5-4-6-20-9-10)11-7-13(18-2)14(19-3)8-12(11)16/h7-8,10,15,17H,4-6,9H2,1-3H3. The third kappa shape index (κ3) is 3.19. The molecule has 20 heavy (non-hydrogen) atoms. The summed E-state index contributed by atoms with van der Waals surface area (Å²) in [5.41, 5.74) is 1.03. The van der Waals surface area contributed by atoms with Gasteiger partial charge in [0.15, 0.2) is 11.5 Å². The van der Waals surface area contributed by atoms with Gasteiger partial charge in [-0.1, -0.05) is 11.6 Å². The van der Waals surface area contributed by atoms with Crippen LogP contribution in [0.2, 0.25) is 5.02 Å². The first-order valence-electron chi connectivity index (χ1n) is 6.87. The molecule has 2 atom stereocenters. The highest BCUT2D eigenvalue weighted by Gasteiger charge is 2.27. The van der Waals surface area contributed by atoms with E-state index in [1.54, 1.807) is 14.2 Å². The maximum atomic E-state index is 6.41. The number of hydrogen-bond donors (Lipinski definition) is 1. The molecular weight excluding hydrogens is 278 g/mol. The minimum atomic E-state index is 0.155. The molecule has 1 aliphatic rings. The molecule has 1 aliphatic heterocycles. The zero-order valence-electron chi connectivity index (χ0n) is 12.2. The molecular formula is C15H22ClNO3. The minimum Gasteiger partial charge on any atom is -0.493 e. The summed E-state index contributed by atoms with van der Waals surface area (Å²) in [6, 6.07) is 3.92. The second-order valence-corrected chi connectivity index (χ2v) is 5.38. The molecule has 0 aliphatic carbocycles. The normalized spacial score (nSPS) is 20.5. The second-order valence-electron chi connectivity index (χ2n) is 4.97. The quantitative estimate of drug-likeness (QED) is 0.907. The molecule has 0 saturated carbocycles. The Hall–Kier alpha value is -0.970. The van der Waals surface area contributed by atoms with Gasteiger partial charge in [0, 0.05) is 29.7 Å². The van der Waals surface area contributed by atoms with E-state index in [0.29, 0.717) is 22.4 Å². The molecule has 2 unspecified atom stereocenters. The predicted octanol–water partition coefficient (Wildman–Crippen LogP) is 3.04. The highest BCUT2D eigenvalue weighted by atomic mass is 35.5. The lowest BCUT2D eigenvalue weighted by Crippen LogP contribution is -2.31. The highest BCUT2D eigenvalue weighted by molar-refractivity contribution is 6.31. The topological polar surface area (TPSA) is 39.7 Å². The second kappa shape index (κ2) is 7.16. The highest BCUT2D eigenvalue weighted by Crippen LogP contribution is 2.39. The molecule has 0 aromatic heterocycles. The van der Waals surface area contributed by atoms with Crippen molar-refractivity contribution in [1.82, 2.24) is 5.32 Å². The minimum absolute atomic E-state index is 0.155. The van der Waals surface area contributed by atoms with Crippen LogP contribution in [-0.4, -0.2) is 34.5 Å². The van der Waals surface area contributed by atoms with E-state index in [9.17, 15) is 0 Å². The summed E-state index contributed by atoms with van der Waals surface area (Å²) in [5.74, 6) is 1.77. The Morgan fingerprint density at radius 1 is 1.30 bits per heavy atom.